The summed E-state index contributed by atoms with van der Waals surface area (Å²) in [5.74, 6) is 0.557. The number of hydrogen-bond acceptors (Lipinski definition) is 10. The first-order valence-corrected chi connectivity index (χ1v) is 15.8. The highest BCUT2D eigenvalue weighted by atomic mass is 32.2. The van der Waals surface area contributed by atoms with Crippen LogP contribution in [-0.4, -0.2) is 43.1 Å². The zero-order valence-corrected chi connectivity index (χ0v) is 25.0. The first-order chi connectivity index (χ1) is 20.0. The van der Waals surface area contributed by atoms with E-state index >= 15 is 0 Å². The summed E-state index contributed by atoms with van der Waals surface area (Å²) in [6.07, 6.45) is 2.85. The minimum absolute atomic E-state index is 0.0557. The molecular weight excluding hydrogens is 584 g/mol. The zero-order valence-electron chi connectivity index (χ0n) is 23.4. The Morgan fingerprint density at radius 2 is 1.17 bits per heavy atom. The molecule has 0 unspecified atom stereocenters. The molecule has 0 aliphatic heterocycles. The van der Waals surface area contributed by atoms with Crippen molar-refractivity contribution in [1.82, 2.24) is 0 Å². The summed E-state index contributed by atoms with van der Waals surface area (Å²) in [5.41, 5.74) is 2.96. The predicted molar refractivity (Wildman–Crippen MR) is 158 cm³/mol. The molecule has 0 saturated heterocycles. The molecule has 0 N–H and O–H groups in total. The molecule has 224 valence electrons. The lowest BCUT2D eigenvalue weighted by Gasteiger charge is -2.13. The van der Waals surface area contributed by atoms with Crippen molar-refractivity contribution in [1.29, 1.82) is 0 Å². The number of esters is 1. The van der Waals surface area contributed by atoms with Crippen molar-refractivity contribution in [3.05, 3.63) is 105 Å². The highest BCUT2D eigenvalue weighted by Crippen LogP contribution is 2.21. The lowest BCUT2D eigenvalue weighted by Crippen LogP contribution is -2.09. The Bertz CT molecular complexity index is 1610. The molecule has 0 aliphatic carbocycles. The molecule has 0 spiro atoms. The maximum Gasteiger partial charge on any atom is 0.338 e. The van der Waals surface area contributed by atoms with E-state index in [1.807, 2.05) is 6.07 Å². The first kappa shape index (κ1) is 32.5. The van der Waals surface area contributed by atoms with Gasteiger partial charge in [0.05, 0.1) is 36.7 Å². The molecule has 0 saturated carbocycles. The fourth-order valence-corrected chi connectivity index (χ4v) is 5.01. The summed E-state index contributed by atoms with van der Waals surface area (Å²) in [6.45, 7) is 3.57. The van der Waals surface area contributed by atoms with Crippen molar-refractivity contribution in [2.45, 2.75) is 27.1 Å². The lowest BCUT2D eigenvalue weighted by atomic mass is 10.0. The van der Waals surface area contributed by atoms with Gasteiger partial charge in [0, 0.05) is 5.56 Å². The summed E-state index contributed by atoms with van der Waals surface area (Å²) >= 11 is 0. The van der Waals surface area contributed by atoms with Crippen LogP contribution < -0.4 is 9.47 Å². The normalized spacial score (nSPS) is 12.1. The Balaban J connectivity index is 1.63. The molecule has 0 atom stereocenters. The van der Waals surface area contributed by atoms with Gasteiger partial charge >= 0.3 is 5.97 Å². The van der Waals surface area contributed by atoms with Crippen molar-refractivity contribution in [2.24, 2.45) is 0 Å². The van der Waals surface area contributed by atoms with E-state index in [0.717, 1.165) is 16.4 Å². The Hall–Kier alpha value is -3.97. The first-order valence-electron chi connectivity index (χ1n) is 12.8. The maximum absolute atomic E-state index is 12.5. The number of ether oxygens (including phenoxy) is 3. The van der Waals surface area contributed by atoms with Crippen LogP contribution >= 0.6 is 0 Å². The molecule has 12 heteroatoms. The van der Waals surface area contributed by atoms with Crippen molar-refractivity contribution >= 4 is 38.4 Å². The van der Waals surface area contributed by atoms with E-state index in [9.17, 15) is 21.6 Å². The third-order valence-electron chi connectivity index (χ3n) is 5.56. The molecule has 0 radical (unpaired) electrons. The van der Waals surface area contributed by atoms with Crippen LogP contribution in [0.15, 0.2) is 77.5 Å². The minimum atomic E-state index is -3.72. The second-order valence-electron chi connectivity index (χ2n) is 8.60. The summed E-state index contributed by atoms with van der Waals surface area (Å²) in [6, 6.07) is 18.8. The number of carbonyl (C=O) groups excluding carboxylic acids is 1. The smallest absolute Gasteiger partial charge is 0.338 e. The molecule has 0 aromatic heterocycles. The lowest BCUT2D eigenvalue weighted by molar-refractivity contribution is 0.0597. The van der Waals surface area contributed by atoms with Crippen molar-refractivity contribution < 1.29 is 44.2 Å². The molecule has 0 heterocycles. The Morgan fingerprint density at radius 3 is 1.62 bits per heavy atom. The molecule has 3 rings (SSSR count). The number of carbonyl (C=O) groups is 1. The van der Waals surface area contributed by atoms with Crippen LogP contribution in [0, 0.1) is 0 Å². The topological polar surface area (TPSA) is 132 Å². The minimum Gasteiger partial charge on any atom is -0.489 e. The van der Waals surface area contributed by atoms with Gasteiger partial charge in [0.15, 0.2) is 0 Å². The molecular formula is C30H32O10S2. The summed E-state index contributed by atoms with van der Waals surface area (Å²) in [4.78, 5) is 12.5. The van der Waals surface area contributed by atoms with Crippen molar-refractivity contribution in [3.63, 3.8) is 0 Å². The van der Waals surface area contributed by atoms with E-state index < -0.39 is 26.2 Å². The largest absolute Gasteiger partial charge is 0.489 e. The molecule has 0 bridgehead atoms. The highest BCUT2D eigenvalue weighted by Gasteiger charge is 2.14. The van der Waals surface area contributed by atoms with E-state index in [1.54, 1.807) is 74.5 Å². The number of methoxy groups -OCH3 is 1. The third-order valence-corrected chi connectivity index (χ3v) is 7.63. The van der Waals surface area contributed by atoms with Crippen LogP contribution in [0.3, 0.4) is 0 Å². The molecule has 3 aromatic carbocycles. The van der Waals surface area contributed by atoms with Gasteiger partial charge in [-0.15, -0.1) is 0 Å². The molecule has 0 fully saturated rings. The summed E-state index contributed by atoms with van der Waals surface area (Å²) < 4.78 is 72.6. The van der Waals surface area contributed by atoms with Crippen LogP contribution in [0.2, 0.25) is 0 Å². The highest BCUT2D eigenvalue weighted by molar-refractivity contribution is 7.90. The van der Waals surface area contributed by atoms with Gasteiger partial charge in [0.2, 0.25) is 0 Å². The van der Waals surface area contributed by atoms with Crippen molar-refractivity contribution in [2.75, 3.05) is 20.3 Å². The Kier molecular flexibility index (Phi) is 11.9. The van der Waals surface area contributed by atoms with E-state index in [0.29, 0.717) is 33.8 Å². The van der Waals surface area contributed by atoms with Gasteiger partial charge in [-0.3, -0.25) is 8.37 Å². The zero-order chi connectivity index (χ0) is 30.6. The summed E-state index contributed by atoms with van der Waals surface area (Å²) in [5, 5.41) is 1.99. The van der Waals surface area contributed by atoms with E-state index in [2.05, 4.69) is 8.37 Å². The fraction of sp³-hybridized carbons (Fsp3) is 0.233. The van der Waals surface area contributed by atoms with Crippen LogP contribution in [0.5, 0.6) is 11.5 Å². The van der Waals surface area contributed by atoms with Crippen molar-refractivity contribution in [3.8, 4) is 11.5 Å². The standard InChI is InChI=1S/C30H32O10S2/c1-4-39-41(32,33)18-16-23-7-12-27(13-8-23)37-21-25-6-11-26(29(20-25)30(31)36-3)22-38-28-14-9-24(10-15-28)17-19-42(34,35)40-5-2/h6-20H,4-5,21-22H2,1-3H3/b18-16+,19-17+. The van der Waals surface area contributed by atoms with Gasteiger partial charge in [-0.2, -0.15) is 16.8 Å². The quantitative estimate of drug-likeness (QED) is 0.164. The average Bonchev–Trinajstić information content (AvgIpc) is 2.97. The molecule has 0 aliphatic rings. The number of rotatable bonds is 15. The second kappa shape index (κ2) is 15.3. The van der Waals surface area contributed by atoms with Crippen LogP contribution in [-0.2, 0) is 46.6 Å². The average molecular weight is 617 g/mol. The van der Waals surface area contributed by atoms with Gasteiger partial charge in [0.1, 0.15) is 24.7 Å². The van der Waals surface area contributed by atoms with Gasteiger partial charge in [-0.05, 0) is 73.0 Å². The van der Waals surface area contributed by atoms with E-state index in [1.165, 1.54) is 19.3 Å². The van der Waals surface area contributed by atoms with Gasteiger partial charge < -0.3 is 14.2 Å². The van der Waals surface area contributed by atoms with Crippen LogP contribution in [0.25, 0.3) is 12.2 Å². The van der Waals surface area contributed by atoms with Crippen LogP contribution in [0.4, 0.5) is 0 Å². The Morgan fingerprint density at radius 1 is 0.690 bits per heavy atom. The van der Waals surface area contributed by atoms with E-state index in [-0.39, 0.29) is 26.4 Å². The van der Waals surface area contributed by atoms with Crippen LogP contribution in [0.1, 0.15) is 46.5 Å². The Labute approximate surface area is 246 Å². The van der Waals surface area contributed by atoms with Gasteiger partial charge in [-0.25, -0.2) is 4.79 Å². The second-order valence-corrected chi connectivity index (χ2v) is 11.6. The third kappa shape index (κ3) is 10.5. The van der Waals surface area contributed by atoms with E-state index in [4.69, 9.17) is 14.2 Å². The molecule has 3 aromatic rings. The predicted octanol–water partition coefficient (Wildman–Crippen LogP) is 5.31. The molecule has 0 amide bonds. The molecule has 42 heavy (non-hydrogen) atoms. The van der Waals surface area contributed by atoms with Gasteiger partial charge in [0.25, 0.3) is 20.2 Å². The van der Waals surface area contributed by atoms with Gasteiger partial charge in [-0.1, -0.05) is 36.4 Å². The summed E-state index contributed by atoms with van der Waals surface area (Å²) in [7, 11) is -6.15. The monoisotopic (exact) mass is 616 g/mol. The number of hydrogen-bond donors (Lipinski definition) is 0. The number of benzene rings is 3. The SMILES string of the molecule is CCOS(=O)(=O)/C=C/c1ccc(OCc2ccc(COc3ccc(/C=C/S(=O)(=O)OCC)cc3)c(C(=O)OC)c2)cc1. The maximum atomic E-state index is 12.5. The fourth-order valence-electron chi connectivity index (χ4n) is 3.55. The molecule has 10 nitrogen and oxygen atoms in total.